The molecule has 0 radical (unpaired) electrons. The van der Waals surface area contributed by atoms with Crippen molar-refractivity contribution < 1.29 is 4.74 Å². The van der Waals surface area contributed by atoms with Gasteiger partial charge < -0.3 is 4.74 Å². The lowest BCUT2D eigenvalue weighted by atomic mass is 10.0. The fraction of sp³-hybridized carbons (Fsp3) is 0.765. The molecule has 1 fully saturated rings. The van der Waals surface area contributed by atoms with Crippen LogP contribution in [0.4, 0.5) is 0 Å². The van der Waals surface area contributed by atoms with E-state index in [4.69, 9.17) is 4.74 Å². The summed E-state index contributed by atoms with van der Waals surface area (Å²) in [6, 6.07) is 0. The van der Waals surface area contributed by atoms with Crippen molar-refractivity contribution in [1.29, 1.82) is 0 Å². The molecule has 1 rings (SSSR count). The van der Waals surface area contributed by atoms with E-state index < -0.39 is 0 Å². The summed E-state index contributed by atoms with van der Waals surface area (Å²) in [6.45, 7) is 11.1. The summed E-state index contributed by atoms with van der Waals surface area (Å²) in [6.07, 6.45) is 13.5. The van der Waals surface area contributed by atoms with E-state index >= 15 is 0 Å². The lowest BCUT2D eigenvalue weighted by molar-refractivity contribution is 0.320. The summed E-state index contributed by atoms with van der Waals surface area (Å²) in [5, 5.41) is 0. The van der Waals surface area contributed by atoms with E-state index in [0.717, 1.165) is 0 Å². The third kappa shape index (κ3) is 5.86. The number of epoxide rings is 1. The van der Waals surface area contributed by atoms with Gasteiger partial charge in [-0.1, -0.05) is 44.1 Å². The molecule has 18 heavy (non-hydrogen) atoms. The molecule has 0 bridgehead atoms. The van der Waals surface area contributed by atoms with Gasteiger partial charge in [-0.25, -0.2) is 0 Å². The summed E-state index contributed by atoms with van der Waals surface area (Å²) < 4.78 is 5.61. The Morgan fingerprint density at radius 2 is 2.06 bits per heavy atom. The van der Waals surface area contributed by atoms with Gasteiger partial charge in [0.25, 0.3) is 0 Å². The number of ether oxygens (including phenoxy) is 1. The zero-order valence-corrected chi connectivity index (χ0v) is 12.8. The quantitative estimate of drug-likeness (QED) is 0.422. The lowest BCUT2D eigenvalue weighted by Gasteiger charge is -2.04. The van der Waals surface area contributed by atoms with Gasteiger partial charge in [0.05, 0.1) is 11.7 Å². The van der Waals surface area contributed by atoms with E-state index in [9.17, 15) is 0 Å². The summed E-state index contributed by atoms with van der Waals surface area (Å²) in [7, 11) is 0. The first-order valence-corrected chi connectivity index (χ1v) is 7.45. The fourth-order valence-corrected chi connectivity index (χ4v) is 2.16. The maximum absolute atomic E-state index is 5.61. The highest BCUT2D eigenvalue weighted by Crippen LogP contribution is 2.38. The van der Waals surface area contributed by atoms with Crippen molar-refractivity contribution in [2.75, 3.05) is 0 Å². The first-order valence-electron chi connectivity index (χ1n) is 7.45. The normalized spacial score (nSPS) is 24.5. The predicted molar refractivity (Wildman–Crippen MR) is 79.8 cm³/mol. The van der Waals surface area contributed by atoms with Gasteiger partial charge in [-0.05, 0) is 52.4 Å². The van der Waals surface area contributed by atoms with Crippen molar-refractivity contribution in [3.05, 3.63) is 23.8 Å². The Bertz CT molecular complexity index is 299. The fourth-order valence-electron chi connectivity index (χ4n) is 2.16. The second kappa shape index (κ2) is 7.13. The average Bonchev–Trinajstić information content (AvgIpc) is 2.92. The van der Waals surface area contributed by atoms with Gasteiger partial charge in [-0.3, -0.25) is 0 Å². The molecule has 0 spiro atoms. The molecule has 1 nitrogen and oxygen atoms in total. The van der Waals surface area contributed by atoms with Gasteiger partial charge in [-0.15, -0.1) is 0 Å². The Morgan fingerprint density at radius 3 is 2.61 bits per heavy atom. The van der Waals surface area contributed by atoms with E-state index in [1.54, 1.807) is 0 Å². The monoisotopic (exact) mass is 250 g/mol. The minimum Gasteiger partial charge on any atom is -0.367 e. The van der Waals surface area contributed by atoms with Gasteiger partial charge in [-0.2, -0.15) is 0 Å². The molecule has 2 unspecified atom stereocenters. The molecule has 104 valence electrons. The molecule has 0 aromatic rings. The Morgan fingerprint density at radius 1 is 1.39 bits per heavy atom. The molecule has 1 saturated heterocycles. The van der Waals surface area contributed by atoms with Gasteiger partial charge in [0.1, 0.15) is 0 Å². The molecule has 0 aliphatic carbocycles. The number of hydrogen-bond donors (Lipinski definition) is 0. The van der Waals surface area contributed by atoms with Crippen LogP contribution in [-0.2, 0) is 4.74 Å². The zero-order valence-electron chi connectivity index (χ0n) is 12.8. The van der Waals surface area contributed by atoms with Crippen molar-refractivity contribution in [1.82, 2.24) is 0 Å². The average molecular weight is 250 g/mol. The molecule has 1 heteroatoms. The van der Waals surface area contributed by atoms with Crippen LogP contribution >= 0.6 is 0 Å². The second-order valence-corrected chi connectivity index (χ2v) is 6.23. The molecule has 1 aliphatic heterocycles. The maximum Gasteiger partial charge on any atom is 0.0892 e. The second-order valence-electron chi connectivity index (χ2n) is 6.23. The lowest BCUT2D eigenvalue weighted by Crippen LogP contribution is -2.02. The smallest absolute Gasteiger partial charge is 0.0892 e. The van der Waals surface area contributed by atoms with Crippen LogP contribution in [-0.4, -0.2) is 11.7 Å². The minimum atomic E-state index is 0.149. The Balaban J connectivity index is 2.16. The third-order valence-electron chi connectivity index (χ3n) is 3.72. The van der Waals surface area contributed by atoms with Crippen molar-refractivity contribution >= 4 is 0 Å². The van der Waals surface area contributed by atoms with Crippen LogP contribution in [0.5, 0.6) is 0 Å². The highest BCUT2D eigenvalue weighted by Gasteiger charge is 2.46. The van der Waals surface area contributed by atoms with Crippen LogP contribution in [0, 0.1) is 5.92 Å². The summed E-state index contributed by atoms with van der Waals surface area (Å²) in [4.78, 5) is 0. The Labute approximate surface area is 113 Å². The molecule has 1 heterocycles. The first-order chi connectivity index (χ1) is 8.45. The molecule has 0 aromatic heterocycles. The summed E-state index contributed by atoms with van der Waals surface area (Å²) in [5.41, 5.74) is 1.66. The Kier molecular flexibility index (Phi) is 6.14. The number of unbranched alkanes of at least 4 members (excludes halogenated alkanes) is 1. The van der Waals surface area contributed by atoms with Crippen LogP contribution in [0.25, 0.3) is 0 Å². The number of allylic oxidation sites excluding steroid dienone is 4. The van der Waals surface area contributed by atoms with Gasteiger partial charge >= 0.3 is 0 Å². The minimum absolute atomic E-state index is 0.149. The third-order valence-corrected chi connectivity index (χ3v) is 3.72. The van der Waals surface area contributed by atoms with Crippen LogP contribution in [0.15, 0.2) is 23.8 Å². The SMILES string of the molecule is CCCC=CC(C)CC=C(C)CCC1OC1(C)C. The van der Waals surface area contributed by atoms with E-state index in [2.05, 4.69) is 52.8 Å². The predicted octanol–water partition coefficient (Wildman–Crippen LogP) is 5.27. The summed E-state index contributed by atoms with van der Waals surface area (Å²) >= 11 is 0. The highest BCUT2D eigenvalue weighted by molar-refractivity contribution is 5.04. The summed E-state index contributed by atoms with van der Waals surface area (Å²) in [5.74, 6) is 0.667. The topological polar surface area (TPSA) is 12.5 Å². The standard InChI is InChI=1S/C17H30O/c1-6-7-8-9-14(2)10-11-15(3)12-13-16-17(4,5)18-16/h8-9,11,14,16H,6-7,10,12-13H2,1-5H3. The van der Waals surface area contributed by atoms with Crippen LogP contribution in [0.1, 0.15) is 66.7 Å². The molecule has 1 aliphatic rings. The van der Waals surface area contributed by atoms with E-state index in [-0.39, 0.29) is 5.60 Å². The molecule has 2 atom stereocenters. The van der Waals surface area contributed by atoms with Gasteiger partial charge in [0.2, 0.25) is 0 Å². The van der Waals surface area contributed by atoms with E-state index in [1.807, 2.05) is 0 Å². The molecule has 0 amide bonds. The number of hydrogen-bond acceptors (Lipinski definition) is 1. The van der Waals surface area contributed by atoms with Gasteiger partial charge in [0, 0.05) is 0 Å². The Hall–Kier alpha value is -0.560. The van der Waals surface area contributed by atoms with Crippen molar-refractivity contribution in [3.63, 3.8) is 0 Å². The van der Waals surface area contributed by atoms with Crippen molar-refractivity contribution in [2.24, 2.45) is 5.92 Å². The molecule has 0 saturated carbocycles. The van der Waals surface area contributed by atoms with Crippen molar-refractivity contribution in [2.45, 2.75) is 78.4 Å². The molecule has 0 aromatic carbocycles. The van der Waals surface area contributed by atoms with Crippen LogP contribution < -0.4 is 0 Å². The van der Waals surface area contributed by atoms with E-state index in [1.165, 1.54) is 37.7 Å². The zero-order chi connectivity index (χ0) is 13.6. The molecule has 0 N–H and O–H groups in total. The number of rotatable bonds is 8. The van der Waals surface area contributed by atoms with E-state index in [0.29, 0.717) is 12.0 Å². The largest absolute Gasteiger partial charge is 0.367 e. The van der Waals surface area contributed by atoms with Gasteiger partial charge in [0.15, 0.2) is 0 Å². The van der Waals surface area contributed by atoms with Crippen molar-refractivity contribution in [3.8, 4) is 0 Å². The maximum atomic E-state index is 5.61. The molecular weight excluding hydrogens is 220 g/mol. The first kappa shape index (κ1) is 15.5. The highest BCUT2D eigenvalue weighted by atomic mass is 16.6. The van der Waals surface area contributed by atoms with Crippen LogP contribution in [0.3, 0.4) is 0 Å². The van der Waals surface area contributed by atoms with Crippen LogP contribution in [0.2, 0.25) is 0 Å². The molecular formula is C17H30O.